The van der Waals surface area contributed by atoms with E-state index in [0.29, 0.717) is 16.9 Å². The second-order valence-corrected chi connectivity index (χ2v) is 7.29. The largest absolute Gasteiger partial charge is 0.497 e. The first kappa shape index (κ1) is 22.9. The zero-order valence-corrected chi connectivity index (χ0v) is 17.8. The van der Waals surface area contributed by atoms with Gasteiger partial charge in [0, 0.05) is 24.2 Å². The molecule has 2 aromatic carbocycles. The molecular weight excluding hydrogens is 382 g/mol. The van der Waals surface area contributed by atoms with Crippen LogP contribution in [0.15, 0.2) is 48.5 Å². The van der Waals surface area contributed by atoms with Gasteiger partial charge in [-0.25, -0.2) is 0 Å². The second kappa shape index (κ2) is 11.0. The van der Waals surface area contributed by atoms with Crippen LogP contribution in [0.4, 0.5) is 0 Å². The summed E-state index contributed by atoms with van der Waals surface area (Å²) in [5.74, 6) is -0.223. The number of ether oxygens (including phenoxy) is 1. The third-order valence-electron chi connectivity index (χ3n) is 4.69. The molecule has 0 aliphatic heterocycles. The number of hydrogen-bond acceptors (Lipinski definition) is 4. The van der Waals surface area contributed by atoms with E-state index in [9.17, 15) is 14.4 Å². The first-order valence-electron chi connectivity index (χ1n) is 9.90. The van der Waals surface area contributed by atoms with Gasteiger partial charge in [0.15, 0.2) is 0 Å². The lowest BCUT2D eigenvalue weighted by Gasteiger charge is -2.22. The third kappa shape index (κ3) is 6.34. The Morgan fingerprint density at radius 3 is 2.13 bits per heavy atom. The van der Waals surface area contributed by atoms with E-state index in [4.69, 9.17) is 4.74 Å². The predicted octanol–water partition coefficient (Wildman–Crippen LogP) is 2.30. The van der Waals surface area contributed by atoms with Gasteiger partial charge in [-0.15, -0.1) is 0 Å². The zero-order valence-electron chi connectivity index (χ0n) is 17.8. The molecular formula is C23H29N3O4. The van der Waals surface area contributed by atoms with Crippen LogP contribution in [0.3, 0.4) is 0 Å². The van der Waals surface area contributed by atoms with Crippen LogP contribution in [-0.4, -0.2) is 44.0 Å². The molecule has 160 valence electrons. The molecule has 1 unspecified atom stereocenters. The van der Waals surface area contributed by atoms with Gasteiger partial charge in [-0.2, -0.15) is 0 Å². The van der Waals surface area contributed by atoms with Crippen molar-refractivity contribution in [3.63, 3.8) is 0 Å². The molecule has 7 heteroatoms. The monoisotopic (exact) mass is 411 g/mol. The molecule has 0 aliphatic rings. The van der Waals surface area contributed by atoms with Gasteiger partial charge < -0.3 is 20.7 Å². The highest BCUT2D eigenvalue weighted by molar-refractivity contribution is 5.98. The first-order chi connectivity index (χ1) is 14.3. The van der Waals surface area contributed by atoms with Gasteiger partial charge in [-0.3, -0.25) is 14.4 Å². The van der Waals surface area contributed by atoms with Crippen molar-refractivity contribution in [1.29, 1.82) is 0 Å². The van der Waals surface area contributed by atoms with Crippen LogP contribution in [0.2, 0.25) is 0 Å². The van der Waals surface area contributed by atoms with Gasteiger partial charge in [0.05, 0.1) is 7.11 Å². The summed E-state index contributed by atoms with van der Waals surface area (Å²) in [5, 5.41) is 8.33. The summed E-state index contributed by atoms with van der Waals surface area (Å²) in [5.41, 5.74) is 1.90. The quantitative estimate of drug-likeness (QED) is 0.552. The van der Waals surface area contributed by atoms with Crippen molar-refractivity contribution in [2.24, 2.45) is 5.92 Å². The minimum Gasteiger partial charge on any atom is -0.497 e. The topological polar surface area (TPSA) is 96.5 Å². The minimum atomic E-state index is -0.672. The molecule has 0 aliphatic carbocycles. The molecule has 0 aromatic heterocycles. The molecule has 1 atom stereocenters. The van der Waals surface area contributed by atoms with Crippen molar-refractivity contribution in [2.75, 3.05) is 20.2 Å². The summed E-state index contributed by atoms with van der Waals surface area (Å²) in [6, 6.07) is 13.3. The fourth-order valence-corrected chi connectivity index (χ4v) is 2.90. The average molecular weight is 412 g/mol. The number of methoxy groups -OCH3 is 1. The molecule has 30 heavy (non-hydrogen) atoms. The summed E-state index contributed by atoms with van der Waals surface area (Å²) < 4.78 is 5.07. The van der Waals surface area contributed by atoms with E-state index in [1.807, 2.05) is 32.9 Å². The molecule has 0 fully saturated rings. The highest BCUT2D eigenvalue weighted by atomic mass is 16.5. The average Bonchev–Trinajstić information content (AvgIpc) is 2.74. The van der Waals surface area contributed by atoms with Crippen molar-refractivity contribution in [3.8, 4) is 5.75 Å². The molecule has 3 N–H and O–H groups in total. The molecule has 3 amide bonds. The van der Waals surface area contributed by atoms with Crippen LogP contribution < -0.4 is 20.7 Å². The van der Waals surface area contributed by atoms with E-state index in [-0.39, 0.29) is 36.7 Å². The maximum Gasteiger partial charge on any atom is 0.252 e. The number of nitrogens with one attached hydrogen (secondary N) is 3. The van der Waals surface area contributed by atoms with Crippen molar-refractivity contribution >= 4 is 17.7 Å². The minimum absolute atomic E-state index is 0.0909. The molecule has 2 rings (SSSR count). The first-order valence-corrected chi connectivity index (χ1v) is 9.90. The van der Waals surface area contributed by atoms with Crippen LogP contribution in [0.5, 0.6) is 5.75 Å². The summed E-state index contributed by atoms with van der Waals surface area (Å²) in [4.78, 5) is 37.3. The molecule has 0 saturated carbocycles. The van der Waals surface area contributed by atoms with E-state index in [0.717, 1.165) is 5.56 Å². The van der Waals surface area contributed by atoms with Crippen LogP contribution >= 0.6 is 0 Å². The van der Waals surface area contributed by atoms with Crippen molar-refractivity contribution in [3.05, 3.63) is 65.2 Å². The highest BCUT2D eigenvalue weighted by Gasteiger charge is 2.24. The van der Waals surface area contributed by atoms with Crippen LogP contribution in [0.1, 0.15) is 40.1 Å². The molecule has 0 heterocycles. The Morgan fingerprint density at radius 1 is 0.900 bits per heavy atom. The normalized spacial score (nSPS) is 11.5. The highest BCUT2D eigenvalue weighted by Crippen LogP contribution is 2.11. The van der Waals surface area contributed by atoms with Gasteiger partial charge in [-0.1, -0.05) is 32.0 Å². The van der Waals surface area contributed by atoms with Gasteiger partial charge in [-0.05, 0) is 48.7 Å². The number of hydrogen-bond donors (Lipinski definition) is 3. The Balaban J connectivity index is 1.84. The molecule has 0 bridgehead atoms. The molecule has 7 nitrogen and oxygen atoms in total. The van der Waals surface area contributed by atoms with Gasteiger partial charge in [0.25, 0.3) is 11.8 Å². The fourth-order valence-electron chi connectivity index (χ4n) is 2.90. The number of benzene rings is 2. The lowest BCUT2D eigenvalue weighted by atomic mass is 10.0. The predicted molar refractivity (Wildman–Crippen MR) is 116 cm³/mol. The molecule has 2 aromatic rings. The molecule has 0 radical (unpaired) electrons. The van der Waals surface area contributed by atoms with Gasteiger partial charge >= 0.3 is 0 Å². The maximum atomic E-state index is 12.6. The molecule has 0 spiro atoms. The van der Waals surface area contributed by atoms with E-state index in [1.165, 1.54) is 0 Å². The summed E-state index contributed by atoms with van der Waals surface area (Å²) >= 11 is 0. The maximum absolute atomic E-state index is 12.6. The second-order valence-electron chi connectivity index (χ2n) is 7.29. The smallest absolute Gasteiger partial charge is 0.252 e. The van der Waals surface area contributed by atoms with E-state index < -0.39 is 6.04 Å². The number of aryl methyl sites for hydroxylation is 1. The van der Waals surface area contributed by atoms with Crippen molar-refractivity contribution in [1.82, 2.24) is 16.0 Å². The Morgan fingerprint density at radius 2 is 1.53 bits per heavy atom. The Labute approximate surface area is 177 Å². The van der Waals surface area contributed by atoms with Crippen LogP contribution in [-0.2, 0) is 4.79 Å². The summed E-state index contributed by atoms with van der Waals surface area (Å²) in [7, 11) is 1.56. The Hall–Kier alpha value is -3.35. The number of carbonyl (C=O) groups is 3. The van der Waals surface area contributed by atoms with Crippen LogP contribution in [0.25, 0.3) is 0 Å². The third-order valence-corrected chi connectivity index (χ3v) is 4.69. The standard InChI is InChI=1S/C23H29N3O4/c1-15(2)20(26-22(28)19-8-6-5-7-16(19)3)23(29)25-14-13-24-21(27)17-9-11-18(30-4)12-10-17/h5-12,15,20H,13-14H2,1-4H3,(H,24,27)(H,25,29)(H,26,28). The Bertz CT molecular complexity index is 878. The molecule has 0 saturated heterocycles. The van der Waals surface area contributed by atoms with E-state index in [1.54, 1.807) is 43.5 Å². The SMILES string of the molecule is COc1ccc(C(=O)NCCNC(=O)C(NC(=O)c2ccccc2C)C(C)C)cc1. The van der Waals surface area contributed by atoms with Crippen molar-refractivity contribution < 1.29 is 19.1 Å². The fraction of sp³-hybridized carbons (Fsp3) is 0.348. The summed E-state index contributed by atoms with van der Waals surface area (Å²) in [6.07, 6.45) is 0. The van der Waals surface area contributed by atoms with E-state index >= 15 is 0 Å². The summed E-state index contributed by atoms with van der Waals surface area (Å²) in [6.45, 7) is 6.11. The van der Waals surface area contributed by atoms with Gasteiger partial charge in [0.1, 0.15) is 11.8 Å². The van der Waals surface area contributed by atoms with Crippen LogP contribution in [0, 0.1) is 12.8 Å². The lowest BCUT2D eigenvalue weighted by Crippen LogP contribution is -2.51. The van der Waals surface area contributed by atoms with E-state index in [2.05, 4.69) is 16.0 Å². The number of amides is 3. The number of rotatable bonds is 9. The zero-order chi connectivity index (χ0) is 22.1. The van der Waals surface area contributed by atoms with Crippen molar-refractivity contribution in [2.45, 2.75) is 26.8 Å². The number of carbonyl (C=O) groups excluding carboxylic acids is 3. The van der Waals surface area contributed by atoms with Gasteiger partial charge in [0.2, 0.25) is 5.91 Å². The Kier molecular flexibility index (Phi) is 8.41. The lowest BCUT2D eigenvalue weighted by molar-refractivity contribution is -0.123.